The quantitative estimate of drug-likeness (QED) is 0.800. The largest absolute Gasteiger partial charge is 0.359 e. The summed E-state index contributed by atoms with van der Waals surface area (Å²) in [5.74, 6) is -0.117. The van der Waals surface area contributed by atoms with Gasteiger partial charge in [0.05, 0.1) is 5.92 Å². The van der Waals surface area contributed by atoms with Gasteiger partial charge in [-0.05, 0) is 31.4 Å². The Balaban J connectivity index is 2.85. The van der Waals surface area contributed by atoms with Gasteiger partial charge in [0.25, 0.3) is 0 Å². The minimum Gasteiger partial charge on any atom is -0.359 e. The summed E-state index contributed by atoms with van der Waals surface area (Å²) < 4.78 is 0. The average molecular weight is 220 g/mol. The number of rotatable bonds is 4. The van der Waals surface area contributed by atoms with Crippen LogP contribution in [-0.4, -0.2) is 19.5 Å². The van der Waals surface area contributed by atoms with Crippen LogP contribution in [0.25, 0.3) is 0 Å². The molecule has 1 aromatic carbocycles. The molecule has 1 rings (SSSR count). The molecule has 88 valence electrons. The van der Waals surface area contributed by atoms with Crippen LogP contribution in [0.15, 0.2) is 18.2 Å². The molecule has 0 aliphatic carbocycles. The van der Waals surface area contributed by atoms with Gasteiger partial charge < -0.3 is 11.1 Å². The third-order valence-corrected chi connectivity index (χ3v) is 2.87. The molecule has 1 atom stereocenters. The summed E-state index contributed by atoms with van der Waals surface area (Å²) in [6, 6.07) is 6.29. The summed E-state index contributed by atoms with van der Waals surface area (Å²) in [5, 5.41) is 2.65. The molecule has 1 aromatic rings. The molecule has 0 aromatic heterocycles. The summed E-state index contributed by atoms with van der Waals surface area (Å²) in [4.78, 5) is 11.6. The highest BCUT2D eigenvalue weighted by Crippen LogP contribution is 2.15. The standard InChI is InChI=1S/C13H20N2O/c1-9-4-5-10(2)11(6-9)7-12(8-14)13(16)15-3/h4-6,12H,7-8,14H2,1-3H3,(H,15,16). The molecule has 3 heteroatoms. The number of hydrogen-bond donors (Lipinski definition) is 2. The van der Waals surface area contributed by atoms with E-state index in [1.807, 2.05) is 0 Å². The van der Waals surface area contributed by atoms with Crippen LogP contribution in [-0.2, 0) is 11.2 Å². The van der Waals surface area contributed by atoms with E-state index >= 15 is 0 Å². The van der Waals surface area contributed by atoms with Crippen LogP contribution in [0, 0.1) is 19.8 Å². The second-order valence-electron chi connectivity index (χ2n) is 4.18. The first kappa shape index (κ1) is 12.7. The Morgan fingerprint density at radius 1 is 1.44 bits per heavy atom. The SMILES string of the molecule is CNC(=O)C(CN)Cc1cc(C)ccc1C. The number of carbonyl (C=O) groups excluding carboxylic acids is 1. The Kier molecular flexibility index (Phi) is 4.50. The maximum absolute atomic E-state index is 11.6. The van der Waals surface area contributed by atoms with E-state index in [1.54, 1.807) is 7.05 Å². The molecule has 0 aliphatic rings. The average Bonchev–Trinajstić information content (AvgIpc) is 2.29. The highest BCUT2D eigenvalue weighted by molar-refractivity contribution is 5.78. The second kappa shape index (κ2) is 5.66. The topological polar surface area (TPSA) is 55.1 Å². The second-order valence-corrected chi connectivity index (χ2v) is 4.18. The number of nitrogens with one attached hydrogen (secondary N) is 1. The van der Waals surface area contributed by atoms with E-state index < -0.39 is 0 Å². The third-order valence-electron chi connectivity index (χ3n) is 2.87. The Hall–Kier alpha value is -1.35. The highest BCUT2D eigenvalue weighted by atomic mass is 16.1. The van der Waals surface area contributed by atoms with E-state index in [4.69, 9.17) is 5.73 Å². The zero-order valence-electron chi connectivity index (χ0n) is 10.2. The molecule has 0 bridgehead atoms. The maximum atomic E-state index is 11.6. The summed E-state index contributed by atoms with van der Waals surface area (Å²) in [5.41, 5.74) is 9.26. The molecular formula is C13H20N2O. The van der Waals surface area contributed by atoms with E-state index in [-0.39, 0.29) is 11.8 Å². The number of amides is 1. The van der Waals surface area contributed by atoms with Crippen LogP contribution in [0.4, 0.5) is 0 Å². The third kappa shape index (κ3) is 3.07. The number of carbonyl (C=O) groups is 1. The summed E-state index contributed by atoms with van der Waals surface area (Å²) >= 11 is 0. The lowest BCUT2D eigenvalue weighted by atomic mass is 9.94. The van der Waals surface area contributed by atoms with Crippen molar-refractivity contribution in [2.24, 2.45) is 11.7 Å². The molecule has 0 spiro atoms. The Bertz CT molecular complexity index is 374. The predicted molar refractivity (Wildman–Crippen MR) is 66.2 cm³/mol. The molecule has 0 heterocycles. The molecule has 0 saturated carbocycles. The van der Waals surface area contributed by atoms with Crippen LogP contribution < -0.4 is 11.1 Å². The van der Waals surface area contributed by atoms with Gasteiger partial charge in [-0.15, -0.1) is 0 Å². The molecule has 1 amide bonds. The van der Waals surface area contributed by atoms with Crippen LogP contribution in [0.3, 0.4) is 0 Å². The van der Waals surface area contributed by atoms with Gasteiger partial charge in [0, 0.05) is 13.6 Å². The van der Waals surface area contributed by atoms with Crippen molar-refractivity contribution in [3.8, 4) is 0 Å². The number of benzene rings is 1. The van der Waals surface area contributed by atoms with Gasteiger partial charge in [-0.3, -0.25) is 4.79 Å². The Labute approximate surface area is 97.0 Å². The minimum atomic E-state index is -0.134. The van der Waals surface area contributed by atoms with Crippen molar-refractivity contribution >= 4 is 5.91 Å². The molecule has 1 unspecified atom stereocenters. The van der Waals surface area contributed by atoms with Crippen molar-refractivity contribution in [1.82, 2.24) is 5.32 Å². The van der Waals surface area contributed by atoms with E-state index in [0.29, 0.717) is 13.0 Å². The number of nitrogens with two attached hydrogens (primary N) is 1. The van der Waals surface area contributed by atoms with Crippen LogP contribution in [0.1, 0.15) is 16.7 Å². The van der Waals surface area contributed by atoms with E-state index in [0.717, 1.165) is 0 Å². The van der Waals surface area contributed by atoms with Gasteiger partial charge in [0.1, 0.15) is 0 Å². The predicted octanol–water partition coefficient (Wildman–Crippen LogP) is 1.17. The lowest BCUT2D eigenvalue weighted by molar-refractivity contribution is -0.124. The maximum Gasteiger partial charge on any atom is 0.224 e. The van der Waals surface area contributed by atoms with E-state index in [2.05, 4.69) is 37.4 Å². The first-order chi connectivity index (χ1) is 7.58. The molecule has 0 saturated heterocycles. The molecule has 3 N–H and O–H groups in total. The van der Waals surface area contributed by atoms with Gasteiger partial charge in [-0.2, -0.15) is 0 Å². The molecule has 3 nitrogen and oxygen atoms in total. The zero-order valence-corrected chi connectivity index (χ0v) is 10.2. The van der Waals surface area contributed by atoms with Crippen LogP contribution >= 0.6 is 0 Å². The van der Waals surface area contributed by atoms with Crippen molar-refractivity contribution in [2.45, 2.75) is 20.3 Å². The van der Waals surface area contributed by atoms with Gasteiger partial charge in [0.2, 0.25) is 5.91 Å². The number of hydrogen-bond acceptors (Lipinski definition) is 2. The fourth-order valence-corrected chi connectivity index (χ4v) is 1.77. The van der Waals surface area contributed by atoms with Gasteiger partial charge in [-0.1, -0.05) is 23.8 Å². The molecule has 0 aliphatic heterocycles. The highest BCUT2D eigenvalue weighted by Gasteiger charge is 2.16. The first-order valence-electron chi connectivity index (χ1n) is 5.56. The fourth-order valence-electron chi connectivity index (χ4n) is 1.77. The van der Waals surface area contributed by atoms with Crippen LogP contribution in [0.5, 0.6) is 0 Å². The van der Waals surface area contributed by atoms with Crippen LogP contribution in [0.2, 0.25) is 0 Å². The van der Waals surface area contributed by atoms with Gasteiger partial charge in [-0.25, -0.2) is 0 Å². The summed E-state index contributed by atoms with van der Waals surface area (Å²) in [6.07, 6.45) is 0.712. The summed E-state index contributed by atoms with van der Waals surface area (Å²) in [6.45, 7) is 4.50. The summed E-state index contributed by atoms with van der Waals surface area (Å²) in [7, 11) is 1.65. The molecular weight excluding hydrogens is 200 g/mol. The van der Waals surface area contributed by atoms with E-state index in [9.17, 15) is 4.79 Å². The van der Waals surface area contributed by atoms with Crippen molar-refractivity contribution in [3.05, 3.63) is 34.9 Å². The van der Waals surface area contributed by atoms with Crippen molar-refractivity contribution in [3.63, 3.8) is 0 Å². The van der Waals surface area contributed by atoms with E-state index in [1.165, 1.54) is 16.7 Å². The lowest BCUT2D eigenvalue weighted by Gasteiger charge is -2.15. The first-order valence-corrected chi connectivity index (χ1v) is 5.56. The minimum absolute atomic E-state index is 0.0170. The Morgan fingerprint density at radius 3 is 2.69 bits per heavy atom. The molecule has 0 radical (unpaired) electrons. The fraction of sp³-hybridized carbons (Fsp3) is 0.462. The van der Waals surface area contributed by atoms with Gasteiger partial charge >= 0.3 is 0 Å². The van der Waals surface area contributed by atoms with Crippen molar-refractivity contribution in [2.75, 3.05) is 13.6 Å². The molecule has 16 heavy (non-hydrogen) atoms. The normalized spacial score (nSPS) is 12.2. The smallest absolute Gasteiger partial charge is 0.224 e. The Morgan fingerprint density at radius 2 is 2.12 bits per heavy atom. The molecule has 0 fully saturated rings. The lowest BCUT2D eigenvalue weighted by Crippen LogP contribution is -2.34. The van der Waals surface area contributed by atoms with Crippen molar-refractivity contribution < 1.29 is 4.79 Å². The number of aryl methyl sites for hydroxylation is 2. The van der Waals surface area contributed by atoms with Crippen molar-refractivity contribution in [1.29, 1.82) is 0 Å². The monoisotopic (exact) mass is 220 g/mol. The zero-order chi connectivity index (χ0) is 12.1. The van der Waals surface area contributed by atoms with Gasteiger partial charge in [0.15, 0.2) is 0 Å².